The van der Waals surface area contributed by atoms with Crippen molar-refractivity contribution in [2.75, 3.05) is 4.72 Å². The fraction of sp³-hybridized carbons (Fsp3) is 0.211. The summed E-state index contributed by atoms with van der Waals surface area (Å²) in [5.74, 6) is -1.19. The molecule has 2 N–H and O–H groups in total. The number of sulfonamides is 1. The van der Waals surface area contributed by atoms with Crippen LogP contribution in [-0.4, -0.2) is 24.6 Å². The molecule has 1 heterocycles. The molecule has 0 aliphatic heterocycles. The maximum atomic E-state index is 13.7. The largest absolute Gasteiger partial charge is 0.392 e. The second-order valence-electron chi connectivity index (χ2n) is 6.41. The summed E-state index contributed by atoms with van der Waals surface area (Å²) < 4.78 is 54.5. The highest BCUT2D eigenvalue weighted by Crippen LogP contribution is 2.26. The van der Waals surface area contributed by atoms with E-state index in [1.807, 2.05) is 0 Å². The van der Waals surface area contributed by atoms with Gasteiger partial charge in [0, 0.05) is 23.2 Å². The Morgan fingerprint density at radius 3 is 2.76 bits per heavy atom. The van der Waals surface area contributed by atoms with Crippen molar-refractivity contribution in [1.29, 1.82) is 0 Å². The second kappa shape index (κ2) is 8.74. The Labute approximate surface area is 176 Å². The summed E-state index contributed by atoms with van der Waals surface area (Å²) in [5, 5.41) is 12.2. The molecule has 0 saturated carbocycles. The second-order valence-corrected chi connectivity index (χ2v) is 9.33. The molecule has 154 valence electrons. The number of aliphatic hydroxyl groups is 1. The van der Waals surface area contributed by atoms with Crippen molar-refractivity contribution in [3.63, 3.8) is 0 Å². The fourth-order valence-electron chi connectivity index (χ4n) is 2.76. The molecule has 0 fully saturated rings. The number of thiazole rings is 1. The lowest BCUT2D eigenvalue weighted by atomic mass is 10.0. The number of benzene rings is 2. The minimum atomic E-state index is -3.88. The Hall–Kier alpha value is -2.07. The average Bonchev–Trinajstić information content (AvgIpc) is 3.06. The van der Waals surface area contributed by atoms with E-state index in [1.165, 1.54) is 6.07 Å². The summed E-state index contributed by atoms with van der Waals surface area (Å²) in [7, 11) is -3.88. The van der Waals surface area contributed by atoms with Crippen LogP contribution in [0.1, 0.15) is 16.8 Å². The van der Waals surface area contributed by atoms with Gasteiger partial charge in [-0.1, -0.05) is 17.7 Å². The van der Waals surface area contributed by atoms with Gasteiger partial charge in [0.1, 0.15) is 11.6 Å². The average molecular weight is 459 g/mol. The van der Waals surface area contributed by atoms with Crippen LogP contribution >= 0.6 is 22.9 Å². The van der Waals surface area contributed by atoms with Gasteiger partial charge < -0.3 is 5.11 Å². The first-order valence-electron chi connectivity index (χ1n) is 8.50. The smallest absolute Gasteiger partial charge is 0.263 e. The molecule has 1 aromatic heterocycles. The van der Waals surface area contributed by atoms with Crippen molar-refractivity contribution in [3.05, 3.63) is 75.3 Å². The van der Waals surface area contributed by atoms with Gasteiger partial charge in [0.05, 0.1) is 16.7 Å². The van der Waals surface area contributed by atoms with Gasteiger partial charge in [-0.3, -0.25) is 4.72 Å². The maximum Gasteiger partial charge on any atom is 0.263 e. The number of nitrogens with zero attached hydrogens (tertiary/aromatic N) is 1. The number of aromatic nitrogens is 1. The van der Waals surface area contributed by atoms with Gasteiger partial charge in [-0.2, -0.15) is 0 Å². The maximum absolute atomic E-state index is 13.7. The molecule has 3 rings (SSSR count). The van der Waals surface area contributed by atoms with Crippen molar-refractivity contribution in [2.45, 2.75) is 30.8 Å². The SMILES string of the molecule is Cc1c(Cl)cccc1S(=O)(=O)Nc1nc(CC(O)Cc2cc(F)ccc2F)cs1. The number of hydrogen-bond acceptors (Lipinski definition) is 5. The minimum Gasteiger partial charge on any atom is -0.392 e. The predicted molar refractivity (Wildman–Crippen MR) is 109 cm³/mol. The van der Waals surface area contributed by atoms with E-state index >= 15 is 0 Å². The van der Waals surface area contributed by atoms with E-state index in [-0.39, 0.29) is 28.4 Å². The Balaban J connectivity index is 1.69. The zero-order valence-corrected chi connectivity index (χ0v) is 17.6. The molecule has 1 atom stereocenters. The van der Waals surface area contributed by atoms with Gasteiger partial charge in [0.2, 0.25) is 0 Å². The van der Waals surface area contributed by atoms with Crippen LogP contribution < -0.4 is 4.72 Å². The molecule has 3 aromatic rings. The third-order valence-electron chi connectivity index (χ3n) is 4.19. The van der Waals surface area contributed by atoms with Crippen LogP contribution in [0, 0.1) is 18.6 Å². The molecule has 0 bridgehead atoms. The molecule has 0 spiro atoms. The molecule has 0 amide bonds. The number of anilines is 1. The highest BCUT2D eigenvalue weighted by molar-refractivity contribution is 7.93. The first-order valence-corrected chi connectivity index (χ1v) is 11.2. The molecule has 1 unspecified atom stereocenters. The molecule has 2 aromatic carbocycles. The highest BCUT2D eigenvalue weighted by atomic mass is 35.5. The number of aliphatic hydroxyl groups excluding tert-OH is 1. The van der Waals surface area contributed by atoms with E-state index in [0.29, 0.717) is 16.3 Å². The Kier molecular flexibility index (Phi) is 6.52. The van der Waals surface area contributed by atoms with E-state index in [0.717, 1.165) is 29.5 Å². The lowest BCUT2D eigenvalue weighted by Crippen LogP contribution is -2.16. The van der Waals surface area contributed by atoms with Gasteiger partial charge in [-0.15, -0.1) is 11.3 Å². The van der Waals surface area contributed by atoms with Crippen molar-refractivity contribution in [2.24, 2.45) is 0 Å². The van der Waals surface area contributed by atoms with E-state index in [4.69, 9.17) is 11.6 Å². The number of halogens is 3. The standard InChI is InChI=1S/C19H17ClF2N2O3S2/c1-11-16(20)3-2-4-18(11)29(26,27)24-19-23-14(10-28-19)9-15(25)8-12-7-13(21)5-6-17(12)22/h2-7,10,15,25H,8-9H2,1H3,(H,23,24). The Morgan fingerprint density at radius 2 is 2.00 bits per heavy atom. The van der Waals surface area contributed by atoms with Crippen molar-refractivity contribution in [3.8, 4) is 0 Å². The molecule has 29 heavy (non-hydrogen) atoms. The van der Waals surface area contributed by atoms with Crippen LogP contribution in [0.25, 0.3) is 0 Å². The third-order valence-corrected chi connectivity index (χ3v) is 7.02. The number of rotatable bonds is 7. The van der Waals surface area contributed by atoms with Crippen LogP contribution in [0.5, 0.6) is 0 Å². The summed E-state index contributed by atoms with van der Waals surface area (Å²) in [6.45, 7) is 1.60. The summed E-state index contributed by atoms with van der Waals surface area (Å²) in [6.07, 6.45) is -1.04. The molecular weight excluding hydrogens is 442 g/mol. The van der Waals surface area contributed by atoms with Crippen LogP contribution in [0.2, 0.25) is 5.02 Å². The van der Waals surface area contributed by atoms with Crippen LogP contribution in [0.4, 0.5) is 13.9 Å². The minimum absolute atomic E-state index is 0.0448. The summed E-state index contributed by atoms with van der Waals surface area (Å²) >= 11 is 7.04. The Bertz CT molecular complexity index is 1140. The summed E-state index contributed by atoms with van der Waals surface area (Å²) in [4.78, 5) is 4.21. The topological polar surface area (TPSA) is 79.3 Å². The van der Waals surface area contributed by atoms with E-state index in [9.17, 15) is 22.3 Å². The highest BCUT2D eigenvalue weighted by Gasteiger charge is 2.20. The van der Waals surface area contributed by atoms with Crippen molar-refractivity contribution < 1.29 is 22.3 Å². The van der Waals surface area contributed by atoms with Crippen LogP contribution in [-0.2, 0) is 22.9 Å². The molecule has 0 saturated heterocycles. The first kappa shape index (κ1) is 21.6. The fourth-order valence-corrected chi connectivity index (χ4v) is 5.24. The van der Waals surface area contributed by atoms with Crippen LogP contribution in [0.3, 0.4) is 0 Å². The lowest BCUT2D eigenvalue weighted by molar-refractivity contribution is 0.173. The molecule has 0 aliphatic carbocycles. The summed E-state index contributed by atoms with van der Waals surface area (Å²) in [6, 6.07) is 7.62. The molecule has 10 heteroatoms. The van der Waals surface area contributed by atoms with E-state index in [1.54, 1.807) is 24.4 Å². The van der Waals surface area contributed by atoms with Gasteiger partial charge in [0.15, 0.2) is 5.13 Å². The number of hydrogen-bond donors (Lipinski definition) is 2. The quantitative estimate of drug-likeness (QED) is 0.552. The third kappa shape index (κ3) is 5.30. The molecule has 5 nitrogen and oxygen atoms in total. The predicted octanol–water partition coefficient (Wildman–Crippen LogP) is 4.33. The van der Waals surface area contributed by atoms with Gasteiger partial charge in [-0.25, -0.2) is 22.2 Å². The zero-order chi connectivity index (χ0) is 21.2. The number of nitrogens with one attached hydrogen (secondary N) is 1. The molecule has 0 aliphatic rings. The summed E-state index contributed by atoms with van der Waals surface area (Å²) in [5.41, 5.74) is 0.913. The first-order chi connectivity index (χ1) is 13.7. The molecular formula is C19H17ClF2N2O3S2. The monoisotopic (exact) mass is 458 g/mol. The van der Waals surface area contributed by atoms with Crippen molar-refractivity contribution in [1.82, 2.24) is 4.98 Å². The van der Waals surface area contributed by atoms with E-state index in [2.05, 4.69) is 9.71 Å². The lowest BCUT2D eigenvalue weighted by Gasteiger charge is -2.10. The molecule has 0 radical (unpaired) electrons. The van der Waals surface area contributed by atoms with Crippen LogP contribution in [0.15, 0.2) is 46.7 Å². The normalized spacial score (nSPS) is 12.7. The van der Waals surface area contributed by atoms with Gasteiger partial charge >= 0.3 is 0 Å². The Morgan fingerprint density at radius 1 is 1.24 bits per heavy atom. The van der Waals surface area contributed by atoms with Gasteiger partial charge in [-0.05, 0) is 48.4 Å². The van der Waals surface area contributed by atoms with Gasteiger partial charge in [0.25, 0.3) is 10.0 Å². The van der Waals surface area contributed by atoms with E-state index < -0.39 is 27.8 Å². The zero-order valence-electron chi connectivity index (χ0n) is 15.2. The van der Waals surface area contributed by atoms with Crippen molar-refractivity contribution >= 4 is 38.1 Å².